The number of likely N-dealkylation sites (tertiary alicyclic amines) is 2. The molecule has 2 amide bonds. The summed E-state index contributed by atoms with van der Waals surface area (Å²) in [5, 5.41) is 4.61. The molecule has 2 saturated heterocycles. The zero-order chi connectivity index (χ0) is 23.0. The molecule has 11 heteroatoms. The number of nitrogens with zero attached hydrogens (tertiary/aromatic N) is 5. The molecule has 0 N–H and O–H groups in total. The fraction of sp³-hybridized carbons (Fsp3) is 0.591. The predicted molar refractivity (Wildman–Crippen MR) is 107 cm³/mol. The number of hydrogen-bond acceptors (Lipinski definition) is 4. The summed E-state index contributed by atoms with van der Waals surface area (Å²) in [5.74, 6) is -0.0829. The lowest BCUT2D eigenvalue weighted by Gasteiger charge is -2.60. The van der Waals surface area contributed by atoms with Crippen molar-refractivity contribution in [2.45, 2.75) is 49.9 Å². The van der Waals surface area contributed by atoms with Crippen LogP contribution in [0.1, 0.15) is 54.9 Å². The minimum Gasteiger partial charge on any atom is -0.406 e. The molecule has 7 nitrogen and oxygen atoms in total. The molecule has 1 spiro atoms. The Morgan fingerprint density at radius 3 is 2.45 bits per heavy atom. The number of benzene rings is 1. The van der Waals surface area contributed by atoms with Crippen molar-refractivity contribution in [3.05, 3.63) is 41.7 Å². The third kappa shape index (κ3) is 3.80. The summed E-state index contributed by atoms with van der Waals surface area (Å²) in [6.07, 6.45) is 1.30. The van der Waals surface area contributed by atoms with E-state index in [1.165, 1.54) is 18.9 Å². The van der Waals surface area contributed by atoms with Gasteiger partial charge in [-0.15, -0.1) is 13.2 Å². The molecule has 0 atom stereocenters. The maximum Gasteiger partial charge on any atom is 0.573 e. The van der Waals surface area contributed by atoms with Gasteiger partial charge in [0.1, 0.15) is 17.9 Å². The Labute approximate surface area is 187 Å². The van der Waals surface area contributed by atoms with E-state index in [2.05, 4.69) is 14.8 Å². The maximum absolute atomic E-state index is 14.3. The lowest BCUT2D eigenvalue weighted by molar-refractivity contribution is -0.274. The highest BCUT2D eigenvalue weighted by molar-refractivity contribution is 5.77. The van der Waals surface area contributed by atoms with Gasteiger partial charge < -0.3 is 14.5 Å². The molecule has 4 aliphatic rings. The Morgan fingerprint density at radius 2 is 1.82 bits per heavy atom. The molecule has 0 radical (unpaired) electrons. The highest BCUT2D eigenvalue weighted by atomic mass is 19.4. The predicted octanol–water partition coefficient (Wildman–Crippen LogP) is 4.05. The first-order valence-electron chi connectivity index (χ1n) is 11.2. The Balaban J connectivity index is 0.977. The molecule has 176 valence electrons. The van der Waals surface area contributed by atoms with Gasteiger partial charge in [-0.05, 0) is 37.3 Å². The average molecular weight is 465 g/mol. The number of halogens is 4. The van der Waals surface area contributed by atoms with Crippen LogP contribution in [0.4, 0.5) is 22.4 Å². The average Bonchev–Trinajstić information content (AvgIpc) is 3.37. The van der Waals surface area contributed by atoms with Gasteiger partial charge in [0.15, 0.2) is 5.82 Å². The summed E-state index contributed by atoms with van der Waals surface area (Å²) in [6.45, 7) is 2.13. The zero-order valence-electron chi connectivity index (χ0n) is 17.8. The Morgan fingerprint density at radius 1 is 1.09 bits per heavy atom. The summed E-state index contributed by atoms with van der Waals surface area (Å²) in [7, 11) is 0. The van der Waals surface area contributed by atoms with Gasteiger partial charge in [0.2, 0.25) is 0 Å². The number of rotatable bonds is 4. The van der Waals surface area contributed by atoms with Crippen molar-refractivity contribution in [1.82, 2.24) is 24.6 Å². The van der Waals surface area contributed by atoms with E-state index in [-0.39, 0.29) is 17.4 Å². The standard InChI is InChI=1S/C22H23F4N5O2/c23-18-5-16(33-22(24,25)26)3-4-17(18)14-8-29(9-14)20(32)30-10-21(11-30)6-15(7-21)31-12-27-19(28-31)13-1-2-13/h3-5,12-15H,1-2,6-11H2. The third-order valence-electron chi connectivity index (χ3n) is 7.30. The van der Waals surface area contributed by atoms with Gasteiger partial charge in [-0.25, -0.2) is 18.9 Å². The minimum atomic E-state index is -4.86. The number of urea groups is 1. The molecular weight excluding hydrogens is 442 g/mol. The van der Waals surface area contributed by atoms with Crippen molar-refractivity contribution < 1.29 is 27.1 Å². The molecule has 1 aromatic heterocycles. The van der Waals surface area contributed by atoms with E-state index in [4.69, 9.17) is 0 Å². The van der Waals surface area contributed by atoms with Crippen molar-refractivity contribution in [1.29, 1.82) is 0 Å². The summed E-state index contributed by atoms with van der Waals surface area (Å²) in [6, 6.07) is 3.43. The summed E-state index contributed by atoms with van der Waals surface area (Å²) in [4.78, 5) is 20.6. The molecular formula is C22H23F4N5O2. The van der Waals surface area contributed by atoms with Crippen molar-refractivity contribution in [3.8, 4) is 5.75 Å². The smallest absolute Gasteiger partial charge is 0.406 e. The molecule has 2 saturated carbocycles. The highest BCUT2D eigenvalue weighted by Crippen LogP contribution is 2.54. The van der Waals surface area contributed by atoms with Crippen LogP contribution >= 0.6 is 0 Å². The molecule has 2 aliphatic carbocycles. The minimum absolute atomic E-state index is 0.0606. The second kappa shape index (κ2) is 7.07. The first kappa shape index (κ1) is 20.7. The van der Waals surface area contributed by atoms with Crippen LogP contribution in [0.25, 0.3) is 0 Å². The van der Waals surface area contributed by atoms with E-state index in [0.29, 0.717) is 43.7 Å². The SMILES string of the molecule is O=C(N1CC(c2ccc(OC(F)(F)F)cc2F)C1)N1CC2(CC(n3cnc(C4CC4)n3)C2)C1. The monoisotopic (exact) mass is 465 g/mol. The van der Waals surface area contributed by atoms with Crippen LogP contribution in [0, 0.1) is 11.2 Å². The molecule has 3 heterocycles. The fourth-order valence-electron chi connectivity index (χ4n) is 5.34. The topological polar surface area (TPSA) is 63.5 Å². The summed E-state index contributed by atoms with van der Waals surface area (Å²) < 4.78 is 56.9. The molecule has 0 unspecified atom stereocenters. The van der Waals surface area contributed by atoms with Gasteiger partial charge in [-0.2, -0.15) is 5.10 Å². The van der Waals surface area contributed by atoms with Gasteiger partial charge >= 0.3 is 12.4 Å². The second-order valence-corrected chi connectivity index (χ2v) is 9.89. The van der Waals surface area contributed by atoms with Crippen molar-refractivity contribution in [3.63, 3.8) is 0 Å². The largest absolute Gasteiger partial charge is 0.573 e. The van der Waals surface area contributed by atoms with Crippen LogP contribution in [0.15, 0.2) is 24.5 Å². The molecule has 6 rings (SSSR count). The number of ether oxygens (including phenoxy) is 1. The first-order chi connectivity index (χ1) is 15.7. The normalized spacial score (nSPS) is 22.7. The van der Waals surface area contributed by atoms with Crippen LogP contribution < -0.4 is 4.74 Å². The second-order valence-electron chi connectivity index (χ2n) is 9.89. The van der Waals surface area contributed by atoms with Gasteiger partial charge in [0, 0.05) is 49.5 Å². The number of aromatic nitrogens is 3. The van der Waals surface area contributed by atoms with Crippen LogP contribution in [-0.2, 0) is 0 Å². The van der Waals surface area contributed by atoms with Gasteiger partial charge in [0.05, 0.1) is 6.04 Å². The first-order valence-corrected chi connectivity index (χ1v) is 11.2. The number of alkyl halides is 3. The Kier molecular flexibility index (Phi) is 4.44. The van der Waals surface area contributed by atoms with Gasteiger partial charge in [0.25, 0.3) is 0 Å². The lowest BCUT2D eigenvalue weighted by atomic mass is 9.61. The van der Waals surface area contributed by atoms with Crippen LogP contribution in [0.5, 0.6) is 5.75 Å². The molecule has 0 bridgehead atoms. The Bertz CT molecular complexity index is 1080. The third-order valence-corrected chi connectivity index (χ3v) is 7.30. The quantitative estimate of drug-likeness (QED) is 0.640. The number of amides is 2. The van der Waals surface area contributed by atoms with Crippen LogP contribution in [-0.4, -0.2) is 63.1 Å². The number of carbonyl (C=O) groups is 1. The van der Waals surface area contributed by atoms with Crippen molar-refractivity contribution in [2.24, 2.45) is 5.41 Å². The van der Waals surface area contributed by atoms with Gasteiger partial charge in [-0.1, -0.05) is 6.07 Å². The van der Waals surface area contributed by atoms with Gasteiger partial charge in [-0.3, -0.25) is 0 Å². The number of carbonyl (C=O) groups excluding carboxylic acids is 1. The van der Waals surface area contributed by atoms with Crippen LogP contribution in [0.2, 0.25) is 0 Å². The van der Waals surface area contributed by atoms with E-state index in [1.807, 2.05) is 15.9 Å². The maximum atomic E-state index is 14.3. The van der Waals surface area contributed by atoms with E-state index in [1.54, 1.807) is 4.90 Å². The zero-order valence-corrected chi connectivity index (χ0v) is 17.8. The van der Waals surface area contributed by atoms with E-state index in [9.17, 15) is 22.4 Å². The lowest BCUT2D eigenvalue weighted by Crippen LogP contribution is -2.67. The summed E-state index contributed by atoms with van der Waals surface area (Å²) in [5.41, 5.74) is 0.463. The van der Waals surface area contributed by atoms with E-state index < -0.39 is 17.9 Å². The summed E-state index contributed by atoms with van der Waals surface area (Å²) >= 11 is 0. The molecule has 33 heavy (non-hydrogen) atoms. The van der Waals surface area contributed by atoms with Crippen molar-refractivity contribution in [2.75, 3.05) is 26.2 Å². The fourth-order valence-corrected chi connectivity index (χ4v) is 5.34. The van der Waals surface area contributed by atoms with Crippen molar-refractivity contribution >= 4 is 6.03 Å². The molecule has 1 aromatic carbocycles. The van der Waals surface area contributed by atoms with E-state index >= 15 is 0 Å². The highest BCUT2D eigenvalue weighted by Gasteiger charge is 2.55. The Hall–Kier alpha value is -2.85. The molecule has 2 aromatic rings. The van der Waals surface area contributed by atoms with E-state index in [0.717, 1.165) is 30.8 Å². The molecule has 2 aliphatic heterocycles. The number of hydrogen-bond donors (Lipinski definition) is 0. The molecule has 4 fully saturated rings. The van der Waals surface area contributed by atoms with Crippen LogP contribution in [0.3, 0.4) is 0 Å².